The predicted octanol–water partition coefficient (Wildman–Crippen LogP) is 13.1. The van der Waals surface area contributed by atoms with Crippen molar-refractivity contribution in [3.05, 3.63) is 176 Å². The summed E-state index contributed by atoms with van der Waals surface area (Å²) in [6, 6.07) is 45.3. The van der Waals surface area contributed by atoms with Crippen molar-refractivity contribution in [2.75, 3.05) is 0 Å². The minimum Gasteiger partial charge on any atom is -0.0748 e. The van der Waals surface area contributed by atoms with E-state index in [2.05, 4.69) is 168 Å². The van der Waals surface area contributed by atoms with E-state index in [0.717, 1.165) is 6.42 Å². The molecule has 0 fully saturated rings. The highest BCUT2D eigenvalue weighted by atomic mass is 28.2. The van der Waals surface area contributed by atoms with E-state index in [-0.39, 0.29) is 0 Å². The molecule has 2 radical (unpaired) electrons. The topological polar surface area (TPSA) is 0 Å². The molecule has 8 rings (SSSR count). The van der Waals surface area contributed by atoms with Crippen molar-refractivity contribution >= 4 is 21.7 Å². The zero-order valence-electron chi connectivity index (χ0n) is 29.9. The van der Waals surface area contributed by atoms with E-state index in [9.17, 15) is 0 Å². The zero-order chi connectivity index (χ0) is 34.4. The van der Waals surface area contributed by atoms with Crippen LogP contribution in [0.25, 0.3) is 56.7 Å². The molecule has 2 aliphatic rings. The van der Waals surface area contributed by atoms with Gasteiger partial charge in [-0.25, -0.2) is 0 Å². The van der Waals surface area contributed by atoms with Crippen molar-refractivity contribution in [3.8, 4) is 44.5 Å². The molecule has 6 aromatic rings. The molecule has 6 aromatic carbocycles. The molecule has 1 unspecified atom stereocenters. The number of rotatable bonds is 8. The predicted molar refractivity (Wildman–Crippen MR) is 217 cm³/mol. The summed E-state index contributed by atoms with van der Waals surface area (Å²) in [7, 11) is 0.685. The lowest BCUT2D eigenvalue weighted by Crippen LogP contribution is -2.08. The van der Waals surface area contributed by atoms with Gasteiger partial charge >= 0.3 is 0 Å². The van der Waals surface area contributed by atoms with Gasteiger partial charge in [0, 0.05) is 5.92 Å². The van der Waals surface area contributed by atoms with Gasteiger partial charge < -0.3 is 0 Å². The molecule has 2 aliphatic carbocycles. The second-order valence-electron chi connectivity index (χ2n) is 14.2. The summed E-state index contributed by atoms with van der Waals surface area (Å²) < 4.78 is 0. The Morgan fingerprint density at radius 2 is 0.980 bits per heavy atom. The SMILES string of the molecule is CCCC1C([Si]C2=Cc3c(cccc3-c3ccccc3-c3c(C)cccc3C)C2)=Cc2c(-c3ccccc3-c3c(C)cccc3C)cccc21. The molecule has 50 heavy (non-hydrogen) atoms. The van der Waals surface area contributed by atoms with Crippen LogP contribution in [0.15, 0.2) is 132 Å². The largest absolute Gasteiger partial charge is 0.111 e. The molecule has 0 nitrogen and oxygen atoms in total. The molecule has 0 bridgehead atoms. The van der Waals surface area contributed by atoms with Crippen molar-refractivity contribution in [1.29, 1.82) is 0 Å². The van der Waals surface area contributed by atoms with E-state index in [0.29, 0.717) is 15.4 Å². The van der Waals surface area contributed by atoms with Crippen LogP contribution in [0.4, 0.5) is 0 Å². The Morgan fingerprint density at radius 3 is 1.54 bits per heavy atom. The van der Waals surface area contributed by atoms with E-state index in [4.69, 9.17) is 0 Å². The average molecular weight is 661 g/mol. The number of fused-ring (bicyclic) bond motifs is 2. The van der Waals surface area contributed by atoms with E-state index >= 15 is 0 Å². The fourth-order valence-electron chi connectivity index (χ4n) is 8.65. The quantitative estimate of drug-likeness (QED) is 0.143. The standard InChI is InChI=1S/C49H44Si/c1-6-15-42-41-27-14-26-40(38-22-8-10-24-44(38)49-33(4)18-12-19-34(49)5)46(41)30-47(42)50-36-28-35-20-13-25-39(45(35)29-36)37-21-7-9-23-43(37)48-31(2)16-11-17-32(48)3/h7-14,16-27,29-30,42H,6,15,28H2,1-5H3. The maximum atomic E-state index is 2.58. The smallest absolute Gasteiger partial charge is 0.0748 e. The van der Waals surface area contributed by atoms with Crippen LogP contribution in [-0.2, 0) is 6.42 Å². The first-order valence-electron chi connectivity index (χ1n) is 18.2. The van der Waals surface area contributed by atoms with Crippen molar-refractivity contribution in [2.45, 2.75) is 59.8 Å². The lowest BCUT2D eigenvalue weighted by Gasteiger charge is -2.19. The van der Waals surface area contributed by atoms with Gasteiger partial charge in [0.1, 0.15) is 9.52 Å². The molecular formula is C49H44Si. The lowest BCUT2D eigenvalue weighted by molar-refractivity contribution is 0.716. The van der Waals surface area contributed by atoms with E-state index < -0.39 is 0 Å². The second kappa shape index (κ2) is 13.4. The fraction of sp³-hybridized carbons (Fsp3) is 0.184. The first-order valence-corrected chi connectivity index (χ1v) is 19.2. The van der Waals surface area contributed by atoms with E-state index in [1.165, 1.54) is 102 Å². The van der Waals surface area contributed by atoms with Crippen molar-refractivity contribution in [1.82, 2.24) is 0 Å². The van der Waals surface area contributed by atoms with Crippen molar-refractivity contribution in [3.63, 3.8) is 0 Å². The number of hydrogen-bond acceptors (Lipinski definition) is 0. The normalized spacial score (nSPS) is 14.7. The van der Waals surface area contributed by atoms with Crippen molar-refractivity contribution < 1.29 is 0 Å². The molecule has 1 heteroatoms. The Balaban J connectivity index is 1.18. The molecular weight excluding hydrogens is 617 g/mol. The first kappa shape index (κ1) is 32.2. The van der Waals surface area contributed by atoms with E-state index in [1.807, 2.05) is 0 Å². The lowest BCUT2D eigenvalue weighted by atomic mass is 9.86. The van der Waals surface area contributed by atoms with E-state index in [1.54, 1.807) is 10.4 Å². The van der Waals surface area contributed by atoms with Crippen LogP contribution >= 0.6 is 0 Å². The highest BCUT2D eigenvalue weighted by molar-refractivity contribution is 6.57. The van der Waals surface area contributed by atoms with Crippen LogP contribution in [0.1, 0.15) is 70.2 Å². The fourth-order valence-corrected chi connectivity index (χ4v) is 10.2. The highest BCUT2D eigenvalue weighted by Gasteiger charge is 2.29. The molecule has 244 valence electrons. The minimum atomic E-state index is 0.467. The highest BCUT2D eigenvalue weighted by Crippen LogP contribution is 2.47. The summed E-state index contributed by atoms with van der Waals surface area (Å²) in [6.07, 6.45) is 8.50. The van der Waals surface area contributed by atoms with Crippen LogP contribution < -0.4 is 0 Å². The number of aryl methyl sites for hydroxylation is 4. The average Bonchev–Trinajstić information content (AvgIpc) is 3.69. The summed E-state index contributed by atoms with van der Waals surface area (Å²) in [6.45, 7) is 11.3. The second-order valence-corrected chi connectivity index (χ2v) is 15.7. The Morgan fingerprint density at radius 1 is 0.500 bits per heavy atom. The van der Waals surface area contributed by atoms with Crippen LogP contribution in [0.5, 0.6) is 0 Å². The first-order chi connectivity index (χ1) is 24.4. The third-order valence-electron chi connectivity index (χ3n) is 10.9. The van der Waals surface area contributed by atoms with Crippen LogP contribution in [0, 0.1) is 27.7 Å². The van der Waals surface area contributed by atoms with Gasteiger partial charge in [-0.2, -0.15) is 0 Å². The maximum absolute atomic E-state index is 2.58. The molecule has 0 saturated carbocycles. The van der Waals surface area contributed by atoms with Gasteiger partial charge in [0.05, 0.1) is 0 Å². The van der Waals surface area contributed by atoms with Gasteiger partial charge in [-0.1, -0.05) is 157 Å². The Hall–Kier alpha value is -4.98. The zero-order valence-corrected chi connectivity index (χ0v) is 30.9. The molecule has 1 atom stereocenters. The number of hydrogen-bond donors (Lipinski definition) is 0. The monoisotopic (exact) mass is 660 g/mol. The molecule has 0 spiro atoms. The molecule has 0 aliphatic heterocycles. The van der Waals surface area contributed by atoms with Crippen LogP contribution in [0.2, 0.25) is 0 Å². The van der Waals surface area contributed by atoms with Crippen LogP contribution in [0.3, 0.4) is 0 Å². The molecule has 0 heterocycles. The van der Waals surface area contributed by atoms with Gasteiger partial charge in [-0.05, 0) is 130 Å². The number of benzene rings is 6. The molecule has 0 saturated heterocycles. The molecule has 0 amide bonds. The minimum absolute atomic E-state index is 0.467. The maximum Gasteiger partial charge on any atom is 0.111 e. The third-order valence-corrected chi connectivity index (χ3v) is 12.3. The Kier molecular flexibility index (Phi) is 8.63. The van der Waals surface area contributed by atoms with Gasteiger partial charge in [0.2, 0.25) is 0 Å². The summed E-state index contributed by atoms with van der Waals surface area (Å²) in [5.41, 5.74) is 21.8. The Bertz CT molecular complexity index is 2290. The van der Waals surface area contributed by atoms with Crippen LogP contribution in [-0.4, -0.2) is 9.52 Å². The van der Waals surface area contributed by atoms with Gasteiger partial charge in [0.25, 0.3) is 0 Å². The number of allylic oxidation sites excluding steroid dienone is 2. The summed E-state index contributed by atoms with van der Waals surface area (Å²) in [5.74, 6) is 0.467. The van der Waals surface area contributed by atoms with Gasteiger partial charge in [-0.3, -0.25) is 0 Å². The molecule has 0 aromatic heterocycles. The van der Waals surface area contributed by atoms with Gasteiger partial charge in [0.15, 0.2) is 0 Å². The third kappa shape index (κ3) is 5.64. The molecule has 0 N–H and O–H groups in total. The Labute approximate surface area is 301 Å². The van der Waals surface area contributed by atoms with Gasteiger partial charge in [-0.15, -0.1) is 0 Å². The summed E-state index contributed by atoms with van der Waals surface area (Å²) >= 11 is 0. The van der Waals surface area contributed by atoms with Crippen molar-refractivity contribution in [2.24, 2.45) is 0 Å². The summed E-state index contributed by atoms with van der Waals surface area (Å²) in [4.78, 5) is 0. The summed E-state index contributed by atoms with van der Waals surface area (Å²) in [5, 5.41) is 3.14.